The van der Waals surface area contributed by atoms with Crippen LogP contribution in [0.5, 0.6) is 0 Å². The summed E-state index contributed by atoms with van der Waals surface area (Å²) in [5.41, 5.74) is 0. The lowest BCUT2D eigenvalue weighted by Gasteiger charge is -2.36. The molecule has 3 unspecified atom stereocenters. The van der Waals surface area contributed by atoms with Gasteiger partial charge in [-0.05, 0) is 36.4 Å². The maximum atomic E-state index is 11.0. The molecule has 0 spiro atoms. The highest BCUT2D eigenvalue weighted by atomic mass is 127. The summed E-state index contributed by atoms with van der Waals surface area (Å²) in [6.07, 6.45) is 0.0266. The van der Waals surface area contributed by atoms with Gasteiger partial charge in [0.05, 0.1) is 6.10 Å². The van der Waals surface area contributed by atoms with E-state index in [1.807, 2.05) is 29.5 Å². The predicted molar refractivity (Wildman–Crippen MR) is 53.5 cm³/mol. The zero-order chi connectivity index (χ0) is 10.1. The molecule has 1 fully saturated rings. The monoisotopic (exact) mass is 298 g/mol. The van der Waals surface area contributed by atoms with Crippen LogP contribution in [0.2, 0.25) is 0 Å². The number of alkyl halides is 1. The Morgan fingerprint density at radius 2 is 2.23 bits per heavy atom. The highest BCUT2D eigenvalue weighted by Crippen LogP contribution is 2.32. The van der Waals surface area contributed by atoms with E-state index in [2.05, 4.69) is 0 Å². The van der Waals surface area contributed by atoms with Gasteiger partial charge in [-0.25, -0.2) is 0 Å². The summed E-state index contributed by atoms with van der Waals surface area (Å²) < 4.78 is 9.87. The lowest BCUT2D eigenvalue weighted by atomic mass is 10.1. The topological polar surface area (TPSA) is 52.6 Å². The van der Waals surface area contributed by atoms with Crippen molar-refractivity contribution in [2.75, 3.05) is 0 Å². The Bertz CT molecular complexity index is 226. The van der Waals surface area contributed by atoms with Crippen molar-refractivity contribution in [3.8, 4) is 0 Å². The van der Waals surface area contributed by atoms with Gasteiger partial charge >= 0.3 is 0 Å². The normalized spacial score (nSPS) is 39.9. The molecule has 13 heavy (non-hydrogen) atoms. The molecule has 1 heterocycles. The second kappa shape index (κ2) is 4.02. The van der Waals surface area contributed by atoms with E-state index in [4.69, 9.17) is 9.47 Å². The van der Waals surface area contributed by atoms with Crippen LogP contribution in [0, 0.1) is 0 Å². The van der Waals surface area contributed by atoms with Gasteiger partial charge in [0.15, 0.2) is 6.29 Å². The number of ketones is 1. The second-order valence-corrected chi connectivity index (χ2v) is 5.09. The summed E-state index contributed by atoms with van der Waals surface area (Å²) in [7, 11) is 0. The lowest BCUT2D eigenvalue weighted by molar-refractivity contribution is -0.236. The molecule has 1 saturated heterocycles. The third-order valence-corrected chi connectivity index (χ3v) is 2.25. The van der Waals surface area contributed by atoms with Crippen molar-refractivity contribution in [3.63, 3.8) is 0 Å². The smallest absolute Gasteiger partial charge is 0.224 e. The van der Waals surface area contributed by atoms with E-state index >= 15 is 0 Å². The fourth-order valence-corrected chi connectivity index (χ4v) is 2.03. The van der Waals surface area contributed by atoms with Crippen molar-refractivity contribution in [1.29, 1.82) is 0 Å². The number of Topliss-reactive ketones (excluding diaryl/α,β-unsaturated/α-hetero) is 1. The van der Waals surface area contributed by atoms with E-state index in [1.54, 1.807) is 6.92 Å². The molecule has 5 heteroatoms. The quantitative estimate of drug-likeness (QED) is 0.331. The first kappa shape index (κ1) is 11.1. The van der Waals surface area contributed by atoms with E-state index in [9.17, 15) is 9.59 Å². The van der Waals surface area contributed by atoms with Crippen LogP contribution in [0.1, 0.15) is 20.3 Å². The van der Waals surface area contributed by atoms with Gasteiger partial charge in [0.2, 0.25) is 9.58 Å². The van der Waals surface area contributed by atoms with E-state index in [0.717, 1.165) is 0 Å². The van der Waals surface area contributed by atoms with Gasteiger partial charge in [-0.2, -0.15) is 0 Å². The van der Waals surface area contributed by atoms with Crippen LogP contribution in [0.3, 0.4) is 0 Å². The van der Waals surface area contributed by atoms with E-state index in [0.29, 0.717) is 12.7 Å². The van der Waals surface area contributed by atoms with Crippen LogP contribution >= 0.6 is 22.6 Å². The molecule has 0 saturated carbocycles. The van der Waals surface area contributed by atoms with Gasteiger partial charge < -0.3 is 9.47 Å². The molecule has 0 bridgehead atoms. The molecule has 0 amide bonds. The van der Waals surface area contributed by atoms with Gasteiger partial charge in [-0.15, -0.1) is 0 Å². The van der Waals surface area contributed by atoms with Crippen LogP contribution in [-0.4, -0.2) is 28.1 Å². The minimum atomic E-state index is -0.807. The van der Waals surface area contributed by atoms with Gasteiger partial charge in [-0.3, -0.25) is 9.59 Å². The van der Waals surface area contributed by atoms with Crippen molar-refractivity contribution in [1.82, 2.24) is 0 Å². The SMILES string of the molecule is CC1CC(C(=O)C=O)OC(C)(I)O1. The second-order valence-electron chi connectivity index (χ2n) is 3.13. The van der Waals surface area contributed by atoms with Gasteiger partial charge in [0.25, 0.3) is 0 Å². The molecule has 0 aromatic carbocycles. The average molecular weight is 298 g/mol. The standard InChI is InChI=1S/C8H11IO4/c1-5-3-7(6(11)4-10)13-8(2,9)12-5/h4-5,7H,3H2,1-2H3. The molecule has 0 radical (unpaired) electrons. The number of ether oxygens (including phenoxy) is 2. The first-order valence-electron chi connectivity index (χ1n) is 3.98. The first-order valence-corrected chi connectivity index (χ1v) is 5.06. The molecule has 3 atom stereocenters. The molecule has 74 valence electrons. The Labute approximate surface area is 90.1 Å². The molecule has 1 aliphatic heterocycles. The fraction of sp³-hybridized carbons (Fsp3) is 0.750. The Hall–Kier alpha value is -0.0100. The summed E-state index contributed by atoms with van der Waals surface area (Å²) in [5, 5.41) is 0. The number of carbonyl (C=O) groups excluding carboxylic acids is 2. The minimum Gasteiger partial charge on any atom is -0.339 e. The van der Waals surface area contributed by atoms with Gasteiger partial charge in [0.1, 0.15) is 6.10 Å². The summed E-state index contributed by atoms with van der Waals surface area (Å²) in [6, 6.07) is 0. The number of aldehydes is 1. The third kappa shape index (κ3) is 2.99. The lowest BCUT2D eigenvalue weighted by Crippen LogP contribution is -2.45. The average Bonchev–Trinajstić information content (AvgIpc) is 1.99. The molecule has 0 N–H and O–H groups in total. The minimum absolute atomic E-state index is 0.0652. The van der Waals surface area contributed by atoms with Gasteiger partial charge in [-0.1, -0.05) is 0 Å². The number of rotatable bonds is 2. The largest absolute Gasteiger partial charge is 0.339 e. The van der Waals surface area contributed by atoms with Crippen LogP contribution in [0.4, 0.5) is 0 Å². The zero-order valence-electron chi connectivity index (χ0n) is 7.45. The Morgan fingerprint density at radius 3 is 2.69 bits per heavy atom. The molecule has 4 nitrogen and oxygen atoms in total. The molecule has 0 aromatic heterocycles. The number of carbonyl (C=O) groups is 2. The summed E-state index contributed by atoms with van der Waals surface area (Å²) in [6.45, 7) is 3.57. The summed E-state index contributed by atoms with van der Waals surface area (Å²) >= 11 is 1.96. The maximum absolute atomic E-state index is 11.0. The highest BCUT2D eigenvalue weighted by molar-refractivity contribution is 14.1. The highest BCUT2D eigenvalue weighted by Gasteiger charge is 2.38. The Balaban J connectivity index is 2.68. The summed E-state index contributed by atoms with van der Waals surface area (Å²) in [4.78, 5) is 21.3. The van der Waals surface area contributed by atoms with E-state index < -0.39 is 15.7 Å². The van der Waals surface area contributed by atoms with Crippen molar-refractivity contribution in [2.45, 2.75) is 36.3 Å². The van der Waals surface area contributed by atoms with Crippen LogP contribution in [0.15, 0.2) is 0 Å². The Kier molecular flexibility index (Phi) is 3.42. The fourth-order valence-electron chi connectivity index (χ4n) is 1.29. The molecule has 1 aliphatic rings. The van der Waals surface area contributed by atoms with Crippen molar-refractivity contribution >= 4 is 34.7 Å². The summed E-state index contributed by atoms with van der Waals surface area (Å²) in [5.74, 6) is -0.516. The zero-order valence-corrected chi connectivity index (χ0v) is 9.61. The molecular weight excluding hydrogens is 287 g/mol. The maximum Gasteiger partial charge on any atom is 0.224 e. The van der Waals surface area contributed by atoms with Gasteiger partial charge in [0, 0.05) is 6.42 Å². The Morgan fingerprint density at radius 1 is 1.62 bits per heavy atom. The molecular formula is C8H11IO4. The van der Waals surface area contributed by atoms with E-state index in [1.165, 1.54) is 0 Å². The van der Waals surface area contributed by atoms with Crippen molar-refractivity contribution < 1.29 is 19.1 Å². The van der Waals surface area contributed by atoms with Crippen molar-refractivity contribution in [3.05, 3.63) is 0 Å². The van der Waals surface area contributed by atoms with Crippen molar-refractivity contribution in [2.24, 2.45) is 0 Å². The molecule has 0 aromatic rings. The molecule has 1 rings (SSSR count). The number of halogens is 1. The number of hydrogen-bond acceptors (Lipinski definition) is 4. The molecule has 0 aliphatic carbocycles. The van der Waals surface area contributed by atoms with Crippen LogP contribution in [0.25, 0.3) is 0 Å². The predicted octanol–water partition coefficient (Wildman–Crippen LogP) is 1.06. The third-order valence-electron chi connectivity index (χ3n) is 1.74. The van der Waals surface area contributed by atoms with E-state index in [-0.39, 0.29) is 6.10 Å². The van der Waals surface area contributed by atoms with Crippen LogP contribution < -0.4 is 0 Å². The van der Waals surface area contributed by atoms with Crippen LogP contribution in [-0.2, 0) is 19.1 Å². The first-order chi connectivity index (χ1) is 5.94. The number of hydrogen-bond donors (Lipinski definition) is 0.